The molecule has 1 aromatic carbocycles. The molecule has 2 rings (SSSR count). The van der Waals surface area contributed by atoms with Crippen molar-refractivity contribution in [3.63, 3.8) is 0 Å². The van der Waals surface area contributed by atoms with Crippen molar-refractivity contribution in [3.8, 4) is 0 Å². The van der Waals surface area contributed by atoms with Gasteiger partial charge in [0.1, 0.15) is 0 Å². The Hall–Kier alpha value is -1.93. The maximum atomic E-state index is 12.4. The van der Waals surface area contributed by atoms with E-state index < -0.39 is 21.9 Å². The fourth-order valence-corrected chi connectivity index (χ4v) is 4.60. The van der Waals surface area contributed by atoms with Crippen LogP contribution >= 0.6 is 0 Å². The lowest BCUT2D eigenvalue weighted by Gasteiger charge is -2.18. The summed E-state index contributed by atoms with van der Waals surface area (Å²) < 4.78 is 26.3. The highest BCUT2D eigenvalue weighted by molar-refractivity contribution is 7.89. The van der Waals surface area contributed by atoms with Gasteiger partial charge < -0.3 is 10.0 Å². The average molecular weight is 382 g/mol. The van der Waals surface area contributed by atoms with Gasteiger partial charge in [0.15, 0.2) is 0 Å². The van der Waals surface area contributed by atoms with Crippen molar-refractivity contribution < 1.29 is 23.1 Å². The summed E-state index contributed by atoms with van der Waals surface area (Å²) in [5, 5.41) is 9.00. The molecule has 1 N–H and O–H groups in total. The maximum Gasteiger partial charge on any atom is 0.308 e. The van der Waals surface area contributed by atoms with E-state index in [0.717, 1.165) is 5.56 Å². The molecule has 1 atom stereocenters. The molecule has 8 heteroatoms. The summed E-state index contributed by atoms with van der Waals surface area (Å²) in [7, 11) is -3.47. The van der Waals surface area contributed by atoms with E-state index in [4.69, 9.17) is 5.11 Å². The molecule has 0 aliphatic carbocycles. The van der Waals surface area contributed by atoms with E-state index in [1.54, 1.807) is 43.0 Å². The first-order valence-electron chi connectivity index (χ1n) is 8.89. The number of carboxylic acids is 1. The topological polar surface area (TPSA) is 95.0 Å². The van der Waals surface area contributed by atoms with Crippen LogP contribution in [0, 0.1) is 5.92 Å². The zero-order valence-electron chi connectivity index (χ0n) is 15.2. The highest BCUT2D eigenvalue weighted by Crippen LogP contribution is 2.19. The van der Waals surface area contributed by atoms with Gasteiger partial charge in [-0.1, -0.05) is 26.0 Å². The lowest BCUT2D eigenvalue weighted by Crippen LogP contribution is -2.30. The number of carbonyl (C=O) groups is 2. The Balaban J connectivity index is 1.94. The summed E-state index contributed by atoms with van der Waals surface area (Å²) in [4.78, 5) is 25.0. The number of benzene rings is 1. The van der Waals surface area contributed by atoms with Gasteiger partial charge >= 0.3 is 5.97 Å². The number of aryl methyl sites for hydroxylation is 1. The Kier molecular flexibility index (Phi) is 6.77. The molecule has 1 aliphatic rings. The number of amides is 1. The zero-order chi connectivity index (χ0) is 19.3. The van der Waals surface area contributed by atoms with Crippen molar-refractivity contribution in [1.29, 1.82) is 0 Å². The normalized spacial score (nSPS) is 17.7. The zero-order valence-corrected chi connectivity index (χ0v) is 16.0. The van der Waals surface area contributed by atoms with Crippen LogP contribution in [0.5, 0.6) is 0 Å². The average Bonchev–Trinajstić information content (AvgIpc) is 3.11. The molecule has 1 amide bonds. The Morgan fingerprint density at radius 2 is 1.81 bits per heavy atom. The number of hydrogen-bond donors (Lipinski definition) is 1. The lowest BCUT2D eigenvalue weighted by molar-refractivity contribution is -0.141. The molecule has 1 aliphatic heterocycles. The Morgan fingerprint density at radius 3 is 2.31 bits per heavy atom. The number of nitrogens with zero attached hydrogens (tertiary/aromatic N) is 2. The van der Waals surface area contributed by atoms with Crippen LogP contribution in [0.2, 0.25) is 0 Å². The fourth-order valence-electron chi connectivity index (χ4n) is 3.14. The monoisotopic (exact) mass is 382 g/mol. The van der Waals surface area contributed by atoms with Crippen molar-refractivity contribution in [3.05, 3.63) is 29.8 Å². The lowest BCUT2D eigenvalue weighted by atomic mass is 10.1. The molecule has 7 nitrogen and oxygen atoms in total. The number of hydrogen-bond acceptors (Lipinski definition) is 4. The summed E-state index contributed by atoms with van der Waals surface area (Å²) in [6.07, 6.45) is 1.28. The summed E-state index contributed by atoms with van der Waals surface area (Å²) in [5.41, 5.74) is 0.880. The van der Waals surface area contributed by atoms with Gasteiger partial charge in [-0.05, 0) is 30.5 Å². The van der Waals surface area contributed by atoms with Crippen LogP contribution < -0.4 is 0 Å². The summed E-state index contributed by atoms with van der Waals surface area (Å²) in [6.45, 7) is 5.19. The first-order chi connectivity index (χ1) is 12.3. The number of carboxylic acid groups (broad SMARTS) is 1. The maximum absolute atomic E-state index is 12.4. The van der Waals surface area contributed by atoms with E-state index in [9.17, 15) is 18.0 Å². The molecule has 0 aromatic heterocycles. The van der Waals surface area contributed by atoms with Gasteiger partial charge in [-0.3, -0.25) is 9.59 Å². The van der Waals surface area contributed by atoms with Crippen molar-refractivity contribution in [2.24, 2.45) is 5.92 Å². The number of carbonyl (C=O) groups excluding carboxylic acids is 1. The third kappa shape index (κ3) is 4.62. The summed E-state index contributed by atoms with van der Waals surface area (Å²) in [6, 6.07) is 6.61. The van der Waals surface area contributed by atoms with Gasteiger partial charge in [-0.2, -0.15) is 4.31 Å². The molecular weight excluding hydrogens is 356 g/mol. The van der Waals surface area contributed by atoms with Crippen LogP contribution in [0.4, 0.5) is 0 Å². The molecule has 1 saturated heterocycles. The predicted molar refractivity (Wildman–Crippen MR) is 97.2 cm³/mol. The van der Waals surface area contributed by atoms with E-state index in [2.05, 4.69) is 0 Å². The second-order valence-electron chi connectivity index (χ2n) is 6.40. The predicted octanol–water partition coefficient (Wildman–Crippen LogP) is 1.58. The largest absolute Gasteiger partial charge is 0.481 e. The first kappa shape index (κ1) is 20.4. The van der Waals surface area contributed by atoms with Crippen molar-refractivity contribution in [2.75, 3.05) is 26.2 Å². The summed E-state index contributed by atoms with van der Waals surface area (Å²) >= 11 is 0. The van der Waals surface area contributed by atoms with Gasteiger partial charge in [0.05, 0.1) is 10.8 Å². The van der Waals surface area contributed by atoms with Gasteiger partial charge in [-0.15, -0.1) is 0 Å². The Labute approximate surface area is 154 Å². The molecule has 26 heavy (non-hydrogen) atoms. The minimum Gasteiger partial charge on any atom is -0.481 e. The third-order valence-electron chi connectivity index (χ3n) is 4.78. The smallest absolute Gasteiger partial charge is 0.308 e. The number of sulfonamides is 1. The van der Waals surface area contributed by atoms with Gasteiger partial charge in [0.2, 0.25) is 15.9 Å². The van der Waals surface area contributed by atoms with Crippen molar-refractivity contribution >= 4 is 21.9 Å². The van der Waals surface area contributed by atoms with E-state index in [1.165, 1.54) is 4.31 Å². The van der Waals surface area contributed by atoms with E-state index >= 15 is 0 Å². The van der Waals surface area contributed by atoms with Crippen LogP contribution in [0.3, 0.4) is 0 Å². The van der Waals surface area contributed by atoms with Gasteiger partial charge in [0, 0.05) is 32.6 Å². The van der Waals surface area contributed by atoms with Crippen molar-refractivity contribution in [2.45, 2.75) is 38.0 Å². The minimum atomic E-state index is -3.47. The highest BCUT2D eigenvalue weighted by atomic mass is 32.2. The molecule has 1 aromatic rings. The van der Waals surface area contributed by atoms with Gasteiger partial charge in [0.25, 0.3) is 0 Å². The number of likely N-dealkylation sites (tertiary alicyclic amines) is 1. The second-order valence-corrected chi connectivity index (χ2v) is 8.33. The van der Waals surface area contributed by atoms with Gasteiger partial charge in [-0.25, -0.2) is 8.42 Å². The van der Waals surface area contributed by atoms with E-state index in [0.29, 0.717) is 32.5 Å². The van der Waals surface area contributed by atoms with E-state index in [-0.39, 0.29) is 23.8 Å². The Morgan fingerprint density at radius 1 is 1.19 bits per heavy atom. The quantitative estimate of drug-likeness (QED) is 0.737. The van der Waals surface area contributed by atoms with Crippen molar-refractivity contribution in [1.82, 2.24) is 9.21 Å². The molecule has 0 spiro atoms. The standard InChI is InChI=1S/C18H26N2O5S/c1-3-20(4-2)26(24,25)16-8-5-14(6-9-16)7-10-17(21)19-12-11-15(13-19)18(22)23/h5-6,8-9,15H,3-4,7,10-13H2,1-2H3,(H,22,23). The Bertz CT molecular complexity index is 741. The number of rotatable bonds is 8. The van der Waals surface area contributed by atoms with Crippen LogP contribution in [-0.2, 0) is 26.0 Å². The van der Waals surface area contributed by atoms with Crippen LogP contribution in [-0.4, -0.2) is 60.8 Å². The molecule has 1 fully saturated rings. The third-order valence-corrected chi connectivity index (χ3v) is 6.85. The molecule has 0 radical (unpaired) electrons. The minimum absolute atomic E-state index is 0.0615. The molecule has 0 saturated carbocycles. The highest BCUT2D eigenvalue weighted by Gasteiger charge is 2.30. The van der Waals surface area contributed by atoms with Crippen LogP contribution in [0.1, 0.15) is 32.3 Å². The molecule has 1 heterocycles. The SMILES string of the molecule is CCN(CC)S(=O)(=O)c1ccc(CCC(=O)N2CCC(C(=O)O)C2)cc1. The molecular formula is C18H26N2O5S. The summed E-state index contributed by atoms with van der Waals surface area (Å²) in [5.74, 6) is -1.39. The fraction of sp³-hybridized carbons (Fsp3) is 0.556. The van der Waals surface area contributed by atoms with E-state index in [1.807, 2.05) is 0 Å². The second kappa shape index (κ2) is 8.64. The molecule has 1 unspecified atom stereocenters. The van der Waals surface area contributed by atoms with Crippen LogP contribution in [0.15, 0.2) is 29.2 Å². The molecule has 144 valence electrons. The number of aliphatic carboxylic acids is 1. The first-order valence-corrected chi connectivity index (χ1v) is 10.3. The van der Waals surface area contributed by atoms with Crippen LogP contribution in [0.25, 0.3) is 0 Å². The molecule has 0 bridgehead atoms.